The first-order chi connectivity index (χ1) is 5.10. The third kappa shape index (κ3) is 2.20. The van der Waals surface area contributed by atoms with Crippen molar-refractivity contribution < 1.29 is 9.90 Å². The Bertz CT molecular complexity index is 179. The average Bonchev–Trinajstić information content (AvgIpc) is 2.03. The van der Waals surface area contributed by atoms with Crippen LogP contribution in [0.15, 0.2) is 0 Å². The monoisotopic (exact) mass is 156 g/mol. The quantitative estimate of drug-likeness (QED) is 0.450. The molecule has 0 aliphatic carbocycles. The highest BCUT2D eigenvalue weighted by Crippen LogP contribution is 2.13. The van der Waals surface area contributed by atoms with E-state index in [-0.39, 0.29) is 0 Å². The normalized spacial score (nSPS) is 10.4. The van der Waals surface area contributed by atoms with Crippen LogP contribution in [0.2, 0.25) is 0 Å². The first kappa shape index (κ1) is 9.92. The fraction of sp³-hybridized carbons (Fsp3) is 0.714. The van der Waals surface area contributed by atoms with E-state index in [4.69, 9.17) is 5.26 Å². The van der Waals surface area contributed by atoms with Crippen molar-refractivity contribution in [2.75, 3.05) is 0 Å². The van der Waals surface area contributed by atoms with Crippen LogP contribution in [0.3, 0.4) is 0 Å². The van der Waals surface area contributed by atoms with E-state index in [1.807, 2.05) is 5.32 Å². The highest BCUT2D eigenvalue weighted by Gasteiger charge is 2.31. The highest BCUT2D eigenvalue weighted by molar-refractivity contribution is 5.85. The molecule has 0 aliphatic heterocycles. The van der Waals surface area contributed by atoms with Gasteiger partial charge in [0, 0.05) is 0 Å². The zero-order valence-electron chi connectivity index (χ0n) is 6.72. The average molecular weight is 156 g/mol. The molecular weight excluding hydrogens is 144 g/mol. The molecule has 0 fully saturated rings. The van der Waals surface area contributed by atoms with Gasteiger partial charge in [-0.2, -0.15) is 5.26 Å². The third-order valence-corrected chi connectivity index (χ3v) is 1.76. The second-order valence-corrected chi connectivity index (χ2v) is 2.30. The summed E-state index contributed by atoms with van der Waals surface area (Å²) >= 11 is 0. The first-order valence-corrected chi connectivity index (χ1v) is 3.52. The third-order valence-electron chi connectivity index (χ3n) is 1.76. The Labute approximate surface area is 65.8 Å². The number of aliphatic hydroxyl groups is 1. The summed E-state index contributed by atoms with van der Waals surface area (Å²) in [6, 6.07) is 0. The Hall–Kier alpha value is -1.08. The van der Waals surface area contributed by atoms with Crippen LogP contribution in [0.4, 0.5) is 0 Å². The number of nitrogens with one attached hydrogen (secondary N) is 1. The topological polar surface area (TPSA) is 73.1 Å². The van der Waals surface area contributed by atoms with E-state index in [9.17, 15) is 9.90 Å². The smallest absolute Gasteiger partial charge is 0.264 e. The minimum atomic E-state index is -1.38. The molecule has 0 rings (SSSR count). The lowest BCUT2D eigenvalue weighted by Crippen LogP contribution is -2.44. The number of nitrogens with zero attached hydrogens (tertiary/aromatic N) is 1. The van der Waals surface area contributed by atoms with Crippen LogP contribution < -0.4 is 5.32 Å². The number of amides is 1. The van der Waals surface area contributed by atoms with E-state index in [2.05, 4.69) is 0 Å². The van der Waals surface area contributed by atoms with Crippen molar-refractivity contribution in [3.63, 3.8) is 0 Å². The highest BCUT2D eigenvalue weighted by atomic mass is 16.3. The van der Waals surface area contributed by atoms with E-state index in [0.29, 0.717) is 12.8 Å². The standard InChI is InChI=1S/C7H12N2O2/c1-3-7(11,4-2)6(10)9-5-8/h11H,3-4H2,1-2H3,(H,9,10). The Kier molecular flexibility index (Phi) is 3.55. The van der Waals surface area contributed by atoms with Gasteiger partial charge in [-0.05, 0) is 12.8 Å². The SMILES string of the molecule is CCC(O)(CC)C(=O)NC#N. The van der Waals surface area contributed by atoms with Gasteiger partial charge < -0.3 is 5.11 Å². The zero-order valence-corrected chi connectivity index (χ0v) is 6.72. The largest absolute Gasteiger partial charge is 0.380 e. The molecule has 0 radical (unpaired) electrons. The molecule has 0 saturated carbocycles. The maximum Gasteiger partial charge on any atom is 0.264 e. The van der Waals surface area contributed by atoms with Crippen molar-refractivity contribution in [2.24, 2.45) is 0 Å². The molecule has 0 saturated heterocycles. The van der Waals surface area contributed by atoms with Crippen LogP contribution in [-0.2, 0) is 4.79 Å². The van der Waals surface area contributed by atoms with Crippen molar-refractivity contribution in [2.45, 2.75) is 32.3 Å². The van der Waals surface area contributed by atoms with E-state index in [1.54, 1.807) is 13.8 Å². The van der Waals surface area contributed by atoms with Gasteiger partial charge in [0.15, 0.2) is 6.19 Å². The van der Waals surface area contributed by atoms with Gasteiger partial charge in [0.2, 0.25) is 0 Å². The molecule has 2 N–H and O–H groups in total. The predicted octanol–water partition coefficient (Wildman–Crippen LogP) is 0.135. The Morgan fingerprint density at radius 2 is 2.09 bits per heavy atom. The molecule has 0 aromatic rings. The van der Waals surface area contributed by atoms with Crippen molar-refractivity contribution in [1.82, 2.24) is 5.32 Å². The molecule has 4 nitrogen and oxygen atoms in total. The number of carbonyl (C=O) groups is 1. The molecule has 62 valence electrons. The van der Waals surface area contributed by atoms with Crippen molar-refractivity contribution in [3.8, 4) is 6.19 Å². The Balaban J connectivity index is 4.27. The molecule has 0 spiro atoms. The molecule has 0 aromatic carbocycles. The second kappa shape index (κ2) is 3.94. The van der Waals surface area contributed by atoms with Gasteiger partial charge in [-0.1, -0.05) is 13.8 Å². The van der Waals surface area contributed by atoms with Crippen molar-refractivity contribution >= 4 is 5.91 Å². The van der Waals surface area contributed by atoms with Crippen molar-refractivity contribution in [3.05, 3.63) is 0 Å². The summed E-state index contributed by atoms with van der Waals surface area (Å²) in [6.45, 7) is 3.39. The predicted molar refractivity (Wildman–Crippen MR) is 39.3 cm³/mol. The van der Waals surface area contributed by atoms with E-state index >= 15 is 0 Å². The summed E-state index contributed by atoms with van der Waals surface area (Å²) in [6.07, 6.45) is 2.12. The number of hydrogen-bond acceptors (Lipinski definition) is 3. The van der Waals surface area contributed by atoms with Crippen molar-refractivity contribution in [1.29, 1.82) is 5.26 Å². The van der Waals surface area contributed by atoms with Gasteiger partial charge >= 0.3 is 0 Å². The Morgan fingerprint density at radius 3 is 2.36 bits per heavy atom. The van der Waals surface area contributed by atoms with Gasteiger partial charge in [-0.15, -0.1) is 0 Å². The van der Waals surface area contributed by atoms with Crippen LogP contribution in [-0.4, -0.2) is 16.6 Å². The van der Waals surface area contributed by atoms with E-state index in [0.717, 1.165) is 0 Å². The summed E-state index contributed by atoms with van der Waals surface area (Å²) in [7, 11) is 0. The fourth-order valence-corrected chi connectivity index (χ4v) is 0.738. The number of nitriles is 1. The molecule has 4 heteroatoms. The molecular formula is C7H12N2O2. The van der Waals surface area contributed by atoms with Crippen LogP contribution in [0, 0.1) is 11.5 Å². The first-order valence-electron chi connectivity index (χ1n) is 3.52. The molecule has 0 bridgehead atoms. The maximum atomic E-state index is 10.9. The summed E-state index contributed by atoms with van der Waals surface area (Å²) in [5.74, 6) is -0.620. The lowest BCUT2D eigenvalue weighted by molar-refractivity contribution is -0.139. The summed E-state index contributed by atoms with van der Waals surface area (Å²) < 4.78 is 0. The fourth-order valence-electron chi connectivity index (χ4n) is 0.738. The maximum absolute atomic E-state index is 10.9. The minimum Gasteiger partial charge on any atom is -0.380 e. The van der Waals surface area contributed by atoms with E-state index < -0.39 is 11.5 Å². The molecule has 0 heterocycles. The molecule has 11 heavy (non-hydrogen) atoms. The molecule has 1 amide bonds. The van der Waals surface area contributed by atoms with Crippen LogP contribution in [0.5, 0.6) is 0 Å². The lowest BCUT2D eigenvalue weighted by atomic mass is 9.97. The second-order valence-electron chi connectivity index (χ2n) is 2.30. The van der Waals surface area contributed by atoms with Crippen LogP contribution in [0.25, 0.3) is 0 Å². The lowest BCUT2D eigenvalue weighted by Gasteiger charge is -2.21. The minimum absolute atomic E-state index is 0.316. The van der Waals surface area contributed by atoms with Gasteiger partial charge in [0.1, 0.15) is 5.60 Å². The molecule has 0 aliphatic rings. The molecule has 0 atom stereocenters. The van der Waals surface area contributed by atoms with Crippen LogP contribution >= 0.6 is 0 Å². The van der Waals surface area contributed by atoms with Gasteiger partial charge in [0.25, 0.3) is 5.91 Å². The number of rotatable bonds is 3. The molecule has 0 unspecified atom stereocenters. The van der Waals surface area contributed by atoms with Crippen LogP contribution in [0.1, 0.15) is 26.7 Å². The molecule has 0 aromatic heterocycles. The Morgan fingerprint density at radius 1 is 1.64 bits per heavy atom. The summed E-state index contributed by atoms with van der Waals surface area (Å²) in [5, 5.41) is 19.5. The summed E-state index contributed by atoms with van der Waals surface area (Å²) in [4.78, 5) is 10.9. The van der Waals surface area contributed by atoms with Gasteiger partial charge in [-0.25, -0.2) is 0 Å². The number of carbonyl (C=O) groups excluding carboxylic acids is 1. The number of hydrogen-bond donors (Lipinski definition) is 2. The van der Waals surface area contributed by atoms with Gasteiger partial charge in [0.05, 0.1) is 0 Å². The van der Waals surface area contributed by atoms with E-state index in [1.165, 1.54) is 6.19 Å². The summed E-state index contributed by atoms with van der Waals surface area (Å²) in [5.41, 5.74) is -1.38. The zero-order chi connectivity index (χ0) is 8.91. The van der Waals surface area contributed by atoms with Gasteiger partial charge in [-0.3, -0.25) is 10.1 Å².